The first-order chi connectivity index (χ1) is 8.79. The van der Waals surface area contributed by atoms with Gasteiger partial charge in [0.25, 0.3) is 0 Å². The van der Waals surface area contributed by atoms with Gasteiger partial charge in [0.15, 0.2) is 0 Å². The van der Waals surface area contributed by atoms with Crippen LogP contribution < -0.4 is 0 Å². The molecule has 0 bridgehead atoms. The summed E-state index contributed by atoms with van der Waals surface area (Å²) >= 11 is 0. The Bertz CT molecular complexity index is 381. The molecule has 1 N–H and O–H groups in total. The third-order valence-electron chi connectivity index (χ3n) is 3.53. The predicted molar refractivity (Wildman–Crippen MR) is 68.9 cm³/mol. The summed E-state index contributed by atoms with van der Waals surface area (Å²) in [5.74, 6) is 0.705. The Morgan fingerprint density at radius 1 is 1.56 bits per heavy atom. The largest absolute Gasteiger partial charge is 0.396 e. The SMILES string of the molecule is O=C(CCc1cccnc1)N1CCC(CCO)C1. The molecular formula is C14H20N2O2. The second-order valence-corrected chi connectivity index (χ2v) is 4.87. The standard InChI is InChI=1S/C14H20N2O2/c17-9-6-13-5-8-16(11-13)14(18)4-3-12-2-1-7-15-10-12/h1-2,7,10,13,17H,3-6,8-9,11H2. The van der Waals surface area contributed by atoms with Crippen LogP contribution >= 0.6 is 0 Å². The molecule has 1 unspecified atom stereocenters. The van der Waals surface area contributed by atoms with Crippen LogP contribution in [0.4, 0.5) is 0 Å². The van der Waals surface area contributed by atoms with Crippen LogP contribution in [0.25, 0.3) is 0 Å². The van der Waals surface area contributed by atoms with E-state index < -0.39 is 0 Å². The highest BCUT2D eigenvalue weighted by atomic mass is 16.3. The first kappa shape index (κ1) is 13.0. The number of pyridine rings is 1. The Balaban J connectivity index is 1.76. The van der Waals surface area contributed by atoms with Gasteiger partial charge in [0.05, 0.1) is 0 Å². The van der Waals surface area contributed by atoms with Crippen LogP contribution in [0.5, 0.6) is 0 Å². The molecule has 0 aromatic carbocycles. The van der Waals surface area contributed by atoms with Crippen molar-refractivity contribution in [3.8, 4) is 0 Å². The molecule has 0 aliphatic carbocycles. The van der Waals surface area contributed by atoms with E-state index in [-0.39, 0.29) is 12.5 Å². The second kappa shape index (κ2) is 6.50. The highest BCUT2D eigenvalue weighted by molar-refractivity contribution is 5.76. The minimum absolute atomic E-state index is 0.222. The van der Waals surface area contributed by atoms with Crippen LogP contribution in [0, 0.1) is 5.92 Å². The van der Waals surface area contributed by atoms with Crippen LogP contribution in [0.3, 0.4) is 0 Å². The molecule has 98 valence electrons. The van der Waals surface area contributed by atoms with Crippen molar-refractivity contribution in [2.75, 3.05) is 19.7 Å². The van der Waals surface area contributed by atoms with E-state index in [0.29, 0.717) is 12.3 Å². The minimum Gasteiger partial charge on any atom is -0.396 e. The molecule has 4 nitrogen and oxygen atoms in total. The Morgan fingerprint density at radius 3 is 3.17 bits per heavy atom. The Morgan fingerprint density at radius 2 is 2.44 bits per heavy atom. The summed E-state index contributed by atoms with van der Waals surface area (Å²) in [6.45, 7) is 1.88. The van der Waals surface area contributed by atoms with E-state index in [1.54, 1.807) is 6.20 Å². The normalized spacial score (nSPS) is 19.2. The number of aliphatic hydroxyl groups excluding tert-OH is 1. The molecule has 2 rings (SSSR count). The van der Waals surface area contributed by atoms with Crippen LogP contribution in [-0.4, -0.2) is 40.6 Å². The maximum atomic E-state index is 12.0. The van der Waals surface area contributed by atoms with E-state index in [1.807, 2.05) is 23.2 Å². The number of hydrogen-bond acceptors (Lipinski definition) is 3. The molecule has 1 fully saturated rings. The van der Waals surface area contributed by atoms with Crippen molar-refractivity contribution in [3.63, 3.8) is 0 Å². The van der Waals surface area contributed by atoms with E-state index >= 15 is 0 Å². The highest BCUT2D eigenvalue weighted by Gasteiger charge is 2.25. The Kier molecular flexibility index (Phi) is 4.70. The van der Waals surface area contributed by atoms with Crippen LogP contribution in [0.15, 0.2) is 24.5 Å². The molecule has 2 heterocycles. The number of aryl methyl sites for hydroxylation is 1. The van der Waals surface area contributed by atoms with Crippen molar-refractivity contribution in [2.45, 2.75) is 25.7 Å². The van der Waals surface area contributed by atoms with Crippen molar-refractivity contribution >= 4 is 5.91 Å². The van der Waals surface area contributed by atoms with Gasteiger partial charge in [0, 0.05) is 38.5 Å². The molecule has 1 atom stereocenters. The molecule has 1 aromatic heterocycles. The smallest absolute Gasteiger partial charge is 0.222 e. The monoisotopic (exact) mass is 248 g/mol. The molecule has 4 heteroatoms. The zero-order valence-electron chi connectivity index (χ0n) is 10.6. The lowest BCUT2D eigenvalue weighted by Gasteiger charge is -2.16. The quantitative estimate of drug-likeness (QED) is 0.853. The van der Waals surface area contributed by atoms with Gasteiger partial charge < -0.3 is 10.0 Å². The van der Waals surface area contributed by atoms with Gasteiger partial charge in [-0.3, -0.25) is 9.78 Å². The van der Waals surface area contributed by atoms with E-state index in [1.165, 1.54) is 0 Å². The molecule has 1 aliphatic rings. The summed E-state index contributed by atoms with van der Waals surface area (Å²) < 4.78 is 0. The van der Waals surface area contributed by atoms with Gasteiger partial charge in [-0.1, -0.05) is 6.07 Å². The number of carbonyl (C=O) groups excluding carboxylic acids is 1. The van der Waals surface area contributed by atoms with E-state index in [0.717, 1.165) is 37.9 Å². The lowest BCUT2D eigenvalue weighted by molar-refractivity contribution is -0.130. The first-order valence-corrected chi connectivity index (χ1v) is 6.57. The van der Waals surface area contributed by atoms with Gasteiger partial charge in [-0.25, -0.2) is 0 Å². The number of likely N-dealkylation sites (tertiary alicyclic amines) is 1. The average molecular weight is 248 g/mol. The lowest BCUT2D eigenvalue weighted by atomic mass is 10.1. The number of amides is 1. The van der Waals surface area contributed by atoms with Gasteiger partial charge in [0.2, 0.25) is 5.91 Å². The second-order valence-electron chi connectivity index (χ2n) is 4.87. The van der Waals surface area contributed by atoms with Crippen molar-refractivity contribution < 1.29 is 9.90 Å². The average Bonchev–Trinajstić information content (AvgIpc) is 2.86. The maximum Gasteiger partial charge on any atom is 0.222 e. The zero-order valence-corrected chi connectivity index (χ0v) is 10.6. The fourth-order valence-electron chi connectivity index (χ4n) is 2.43. The first-order valence-electron chi connectivity index (χ1n) is 6.57. The third-order valence-corrected chi connectivity index (χ3v) is 3.53. The summed E-state index contributed by atoms with van der Waals surface area (Å²) in [7, 11) is 0. The van der Waals surface area contributed by atoms with E-state index in [2.05, 4.69) is 4.98 Å². The number of hydrogen-bond donors (Lipinski definition) is 1. The maximum absolute atomic E-state index is 12.0. The van der Waals surface area contributed by atoms with Crippen molar-refractivity contribution in [1.82, 2.24) is 9.88 Å². The molecule has 0 radical (unpaired) electrons. The summed E-state index contributed by atoms with van der Waals surface area (Å²) in [5, 5.41) is 8.89. The summed E-state index contributed by atoms with van der Waals surface area (Å²) in [6, 6.07) is 3.89. The van der Waals surface area contributed by atoms with Gasteiger partial charge in [0.1, 0.15) is 0 Å². The van der Waals surface area contributed by atoms with Crippen molar-refractivity contribution in [1.29, 1.82) is 0 Å². The fourth-order valence-corrected chi connectivity index (χ4v) is 2.43. The Labute approximate surface area is 108 Å². The summed E-state index contributed by atoms with van der Waals surface area (Å²) in [6.07, 6.45) is 6.70. The van der Waals surface area contributed by atoms with Crippen LogP contribution in [-0.2, 0) is 11.2 Å². The third kappa shape index (κ3) is 3.53. The van der Waals surface area contributed by atoms with Crippen molar-refractivity contribution in [2.24, 2.45) is 5.92 Å². The number of aromatic nitrogens is 1. The van der Waals surface area contributed by atoms with Gasteiger partial charge in [-0.05, 0) is 36.8 Å². The molecule has 0 saturated carbocycles. The molecule has 0 spiro atoms. The number of aliphatic hydroxyl groups is 1. The number of nitrogens with zero attached hydrogens (tertiary/aromatic N) is 2. The van der Waals surface area contributed by atoms with Gasteiger partial charge >= 0.3 is 0 Å². The zero-order chi connectivity index (χ0) is 12.8. The lowest BCUT2D eigenvalue weighted by Crippen LogP contribution is -2.29. The molecule has 1 aliphatic heterocycles. The predicted octanol–water partition coefficient (Wildman–Crippen LogP) is 1.25. The minimum atomic E-state index is 0.222. The molecule has 1 saturated heterocycles. The van der Waals surface area contributed by atoms with E-state index in [4.69, 9.17) is 5.11 Å². The highest BCUT2D eigenvalue weighted by Crippen LogP contribution is 2.20. The molecule has 18 heavy (non-hydrogen) atoms. The van der Waals surface area contributed by atoms with Crippen LogP contribution in [0.2, 0.25) is 0 Å². The van der Waals surface area contributed by atoms with Gasteiger partial charge in [-0.15, -0.1) is 0 Å². The van der Waals surface area contributed by atoms with Crippen LogP contribution in [0.1, 0.15) is 24.8 Å². The molecule has 1 aromatic rings. The molecular weight excluding hydrogens is 228 g/mol. The van der Waals surface area contributed by atoms with Gasteiger partial charge in [-0.2, -0.15) is 0 Å². The van der Waals surface area contributed by atoms with Crippen molar-refractivity contribution in [3.05, 3.63) is 30.1 Å². The molecule has 1 amide bonds. The topological polar surface area (TPSA) is 53.4 Å². The van der Waals surface area contributed by atoms with E-state index in [9.17, 15) is 4.79 Å². The number of carbonyl (C=O) groups is 1. The fraction of sp³-hybridized carbons (Fsp3) is 0.571. The Hall–Kier alpha value is -1.42. The summed E-state index contributed by atoms with van der Waals surface area (Å²) in [4.78, 5) is 18.0. The summed E-state index contributed by atoms with van der Waals surface area (Å²) in [5.41, 5.74) is 1.11. The number of rotatable bonds is 5.